The first-order valence-electron chi connectivity index (χ1n) is 8.32. The maximum absolute atomic E-state index is 12.9. The third-order valence-electron chi connectivity index (χ3n) is 4.21. The van der Waals surface area contributed by atoms with E-state index >= 15 is 0 Å². The first-order chi connectivity index (χ1) is 11.7. The SMILES string of the molecule is CC(C)CCN1CCN(C(=O)Nc2ccc(Cl)c(C(F)(F)F)c2)CC1. The molecular formula is C17H23ClF3N3O. The molecule has 0 aromatic heterocycles. The Kier molecular flexibility index (Phi) is 6.57. The molecule has 0 unspecified atom stereocenters. The van der Waals surface area contributed by atoms with Gasteiger partial charge < -0.3 is 10.2 Å². The highest BCUT2D eigenvalue weighted by atomic mass is 35.5. The number of halogens is 4. The number of nitrogens with zero attached hydrogens (tertiary/aromatic N) is 2. The normalized spacial score (nSPS) is 16.4. The van der Waals surface area contributed by atoms with Crippen molar-refractivity contribution in [3.05, 3.63) is 28.8 Å². The van der Waals surface area contributed by atoms with Gasteiger partial charge in [-0.3, -0.25) is 4.90 Å². The Bertz CT molecular complexity index is 599. The van der Waals surface area contributed by atoms with Gasteiger partial charge in [-0.05, 0) is 37.1 Å². The molecule has 0 radical (unpaired) electrons. The molecule has 1 aromatic carbocycles. The molecule has 0 atom stereocenters. The van der Waals surface area contributed by atoms with Gasteiger partial charge >= 0.3 is 12.2 Å². The number of amides is 2. The van der Waals surface area contributed by atoms with E-state index in [1.807, 2.05) is 0 Å². The molecule has 0 spiro atoms. The molecule has 2 amide bonds. The Morgan fingerprint density at radius 2 is 1.88 bits per heavy atom. The molecule has 0 aliphatic carbocycles. The van der Waals surface area contributed by atoms with Crippen LogP contribution in [0.25, 0.3) is 0 Å². The molecule has 1 fully saturated rings. The number of carbonyl (C=O) groups excluding carboxylic acids is 1. The zero-order valence-corrected chi connectivity index (χ0v) is 15.1. The summed E-state index contributed by atoms with van der Waals surface area (Å²) < 4.78 is 38.6. The van der Waals surface area contributed by atoms with Gasteiger partial charge in [-0.25, -0.2) is 4.79 Å². The highest BCUT2D eigenvalue weighted by Gasteiger charge is 2.33. The van der Waals surface area contributed by atoms with Crippen molar-refractivity contribution in [3.8, 4) is 0 Å². The van der Waals surface area contributed by atoms with Gasteiger partial charge in [-0.2, -0.15) is 13.2 Å². The number of hydrogen-bond acceptors (Lipinski definition) is 2. The number of hydrogen-bond donors (Lipinski definition) is 1. The smallest absolute Gasteiger partial charge is 0.322 e. The van der Waals surface area contributed by atoms with Crippen molar-refractivity contribution in [2.75, 3.05) is 38.0 Å². The number of urea groups is 1. The number of alkyl halides is 3. The molecule has 2 rings (SSSR count). The van der Waals surface area contributed by atoms with Crippen molar-refractivity contribution >= 4 is 23.3 Å². The molecule has 0 saturated carbocycles. The van der Waals surface area contributed by atoms with E-state index in [0.717, 1.165) is 38.2 Å². The lowest BCUT2D eigenvalue weighted by Gasteiger charge is -2.35. The minimum absolute atomic E-state index is 0.0870. The summed E-state index contributed by atoms with van der Waals surface area (Å²) in [5, 5.41) is 2.14. The Morgan fingerprint density at radius 3 is 2.44 bits per heavy atom. The minimum atomic E-state index is -4.56. The van der Waals surface area contributed by atoms with Crippen molar-refractivity contribution in [1.82, 2.24) is 9.80 Å². The molecule has 8 heteroatoms. The number of anilines is 1. The molecule has 140 valence electrons. The van der Waals surface area contributed by atoms with Crippen molar-refractivity contribution in [2.24, 2.45) is 5.92 Å². The largest absolute Gasteiger partial charge is 0.417 e. The second kappa shape index (κ2) is 8.27. The summed E-state index contributed by atoms with van der Waals surface area (Å²) in [6, 6.07) is 2.98. The highest BCUT2D eigenvalue weighted by Crippen LogP contribution is 2.36. The first-order valence-corrected chi connectivity index (χ1v) is 8.69. The molecule has 1 heterocycles. The summed E-state index contributed by atoms with van der Waals surface area (Å²) in [7, 11) is 0. The topological polar surface area (TPSA) is 35.6 Å². The van der Waals surface area contributed by atoms with Gasteiger partial charge in [0.2, 0.25) is 0 Å². The van der Waals surface area contributed by atoms with Crippen LogP contribution >= 0.6 is 11.6 Å². The summed E-state index contributed by atoms with van der Waals surface area (Å²) >= 11 is 5.59. The van der Waals surface area contributed by atoms with E-state index in [0.29, 0.717) is 19.0 Å². The van der Waals surface area contributed by atoms with Gasteiger partial charge in [-0.15, -0.1) is 0 Å². The number of nitrogens with one attached hydrogen (secondary N) is 1. The quantitative estimate of drug-likeness (QED) is 0.835. The summed E-state index contributed by atoms with van der Waals surface area (Å²) in [6.45, 7) is 8.01. The van der Waals surface area contributed by atoms with Crippen LogP contribution in [-0.4, -0.2) is 48.6 Å². The Labute approximate surface area is 150 Å². The van der Waals surface area contributed by atoms with Gasteiger partial charge in [0.05, 0.1) is 10.6 Å². The van der Waals surface area contributed by atoms with Crippen LogP contribution in [0.15, 0.2) is 18.2 Å². The van der Waals surface area contributed by atoms with E-state index in [1.165, 1.54) is 6.07 Å². The first kappa shape index (κ1) is 19.8. The highest BCUT2D eigenvalue weighted by molar-refractivity contribution is 6.31. The Balaban J connectivity index is 1.91. The van der Waals surface area contributed by atoms with Crippen molar-refractivity contribution in [1.29, 1.82) is 0 Å². The predicted octanol–water partition coefficient (Wildman–Crippen LogP) is 4.55. The Morgan fingerprint density at radius 1 is 1.24 bits per heavy atom. The van der Waals surface area contributed by atoms with Crippen LogP contribution in [0.5, 0.6) is 0 Å². The standard InChI is InChI=1S/C17H23ClF3N3O/c1-12(2)5-6-23-7-9-24(10-8-23)16(25)22-13-3-4-15(18)14(11-13)17(19,20)21/h3-4,11-12H,5-10H2,1-2H3,(H,22,25). The lowest BCUT2D eigenvalue weighted by Crippen LogP contribution is -2.50. The van der Waals surface area contributed by atoms with Gasteiger partial charge in [0.25, 0.3) is 0 Å². The molecule has 1 saturated heterocycles. The van der Waals surface area contributed by atoms with Gasteiger partial charge in [0.1, 0.15) is 0 Å². The second-order valence-corrected chi connectivity index (χ2v) is 7.04. The summed E-state index contributed by atoms with van der Waals surface area (Å²) in [6.07, 6.45) is -3.45. The third-order valence-corrected chi connectivity index (χ3v) is 4.53. The van der Waals surface area contributed by atoms with Crippen LogP contribution in [-0.2, 0) is 6.18 Å². The van der Waals surface area contributed by atoms with Crippen LogP contribution < -0.4 is 5.32 Å². The maximum atomic E-state index is 12.9. The number of carbonyl (C=O) groups is 1. The van der Waals surface area contributed by atoms with E-state index in [9.17, 15) is 18.0 Å². The fourth-order valence-corrected chi connectivity index (χ4v) is 2.86. The molecule has 4 nitrogen and oxygen atoms in total. The van der Waals surface area contributed by atoms with E-state index in [-0.39, 0.29) is 16.7 Å². The molecule has 0 bridgehead atoms. The molecule has 1 aromatic rings. The van der Waals surface area contributed by atoms with Crippen molar-refractivity contribution in [3.63, 3.8) is 0 Å². The third kappa shape index (κ3) is 5.78. The number of rotatable bonds is 4. The van der Waals surface area contributed by atoms with Crippen LogP contribution in [0.1, 0.15) is 25.8 Å². The monoisotopic (exact) mass is 377 g/mol. The van der Waals surface area contributed by atoms with Crippen LogP contribution in [0.2, 0.25) is 5.02 Å². The average Bonchev–Trinajstić information content (AvgIpc) is 2.54. The molecule has 1 N–H and O–H groups in total. The number of piperazine rings is 1. The minimum Gasteiger partial charge on any atom is -0.322 e. The van der Waals surface area contributed by atoms with E-state index in [2.05, 4.69) is 24.1 Å². The lowest BCUT2D eigenvalue weighted by atomic mass is 10.1. The van der Waals surface area contributed by atoms with Crippen molar-refractivity contribution < 1.29 is 18.0 Å². The average molecular weight is 378 g/mol. The van der Waals surface area contributed by atoms with Gasteiger partial charge in [-0.1, -0.05) is 25.4 Å². The van der Waals surface area contributed by atoms with Crippen LogP contribution in [0, 0.1) is 5.92 Å². The maximum Gasteiger partial charge on any atom is 0.417 e. The number of benzene rings is 1. The summed E-state index contributed by atoms with van der Waals surface area (Å²) in [5.74, 6) is 0.633. The lowest BCUT2D eigenvalue weighted by molar-refractivity contribution is -0.137. The van der Waals surface area contributed by atoms with Gasteiger partial charge in [0, 0.05) is 31.9 Å². The summed E-state index contributed by atoms with van der Waals surface area (Å²) in [5.41, 5.74) is -0.866. The molecule has 1 aliphatic rings. The molecule has 1 aliphatic heterocycles. The van der Waals surface area contributed by atoms with E-state index in [1.54, 1.807) is 4.90 Å². The van der Waals surface area contributed by atoms with E-state index in [4.69, 9.17) is 11.6 Å². The fourth-order valence-electron chi connectivity index (χ4n) is 2.64. The van der Waals surface area contributed by atoms with E-state index < -0.39 is 11.7 Å². The van der Waals surface area contributed by atoms with Crippen molar-refractivity contribution in [2.45, 2.75) is 26.4 Å². The Hall–Kier alpha value is -1.47. The fraction of sp³-hybridized carbons (Fsp3) is 0.588. The van der Waals surface area contributed by atoms with Gasteiger partial charge in [0.15, 0.2) is 0 Å². The van der Waals surface area contributed by atoms with Crippen LogP contribution in [0.4, 0.5) is 23.7 Å². The second-order valence-electron chi connectivity index (χ2n) is 6.63. The zero-order chi connectivity index (χ0) is 18.6. The predicted molar refractivity (Wildman–Crippen MR) is 92.9 cm³/mol. The summed E-state index contributed by atoms with van der Waals surface area (Å²) in [4.78, 5) is 16.2. The molecule has 25 heavy (non-hydrogen) atoms. The molecular weight excluding hydrogens is 355 g/mol. The zero-order valence-electron chi connectivity index (χ0n) is 14.4. The van der Waals surface area contributed by atoms with Crippen LogP contribution in [0.3, 0.4) is 0 Å².